The third-order valence-electron chi connectivity index (χ3n) is 2.12. The van der Waals surface area contributed by atoms with E-state index in [1.807, 2.05) is 0 Å². The maximum absolute atomic E-state index is 10.5. The molecule has 0 aromatic heterocycles. The van der Waals surface area contributed by atoms with Crippen LogP contribution in [0.15, 0.2) is 16.8 Å². The maximum Gasteiger partial charge on any atom is 0.330 e. The molecule has 7 heteroatoms. The highest BCUT2D eigenvalue weighted by molar-refractivity contribution is 5.85. The number of hydrogen-bond donors (Lipinski definition) is 1. The number of carbonyl (C=O) groups is 1. The second kappa shape index (κ2) is 6.12. The Morgan fingerprint density at radius 1 is 1.62 bits per heavy atom. The van der Waals surface area contributed by atoms with Crippen LogP contribution in [0.5, 0.6) is 0 Å². The summed E-state index contributed by atoms with van der Waals surface area (Å²) in [5.74, 6) is -0.956. The quantitative estimate of drug-likeness (QED) is 0.339. The Bertz CT molecular complexity index is 328. The fraction of sp³-hybridized carbons (Fsp3) is 0.667. The molecule has 0 saturated carbocycles. The maximum atomic E-state index is 10.5. The number of aliphatic carboxylic acids is 1. The summed E-state index contributed by atoms with van der Waals surface area (Å²) in [7, 11) is 0. The molecule has 0 amide bonds. The van der Waals surface area contributed by atoms with Crippen LogP contribution < -0.4 is 0 Å². The van der Waals surface area contributed by atoms with Gasteiger partial charge in [-0.1, -0.05) is 11.2 Å². The van der Waals surface area contributed by atoms with Gasteiger partial charge >= 0.3 is 5.97 Å². The molecule has 88 valence electrons. The molecule has 16 heavy (non-hydrogen) atoms. The predicted molar refractivity (Wildman–Crippen MR) is 54.6 cm³/mol. The molecule has 1 aliphatic rings. The lowest BCUT2D eigenvalue weighted by atomic mass is 10.2. The van der Waals surface area contributed by atoms with Crippen LogP contribution in [0.4, 0.5) is 0 Å². The van der Waals surface area contributed by atoms with Gasteiger partial charge in [0.25, 0.3) is 0 Å². The van der Waals surface area contributed by atoms with E-state index in [0.29, 0.717) is 19.6 Å². The molecule has 0 atom stereocenters. The Kier molecular flexibility index (Phi) is 4.78. The summed E-state index contributed by atoms with van der Waals surface area (Å²) in [6, 6.07) is -0.300. The van der Waals surface area contributed by atoms with Crippen molar-refractivity contribution in [3.63, 3.8) is 0 Å². The first kappa shape index (κ1) is 12.5. The first-order chi connectivity index (χ1) is 7.63. The standard InChI is InChI=1S/C9H13N3O4/c1-6(9(13)14)2-3-8-15-4-7(5-16-8)11-12-10/h2,7-8H,3-5H2,1H3,(H,13,14)/b6-2+/t7-,8+. The zero-order valence-corrected chi connectivity index (χ0v) is 8.87. The van der Waals surface area contributed by atoms with Crippen LogP contribution in [0.1, 0.15) is 13.3 Å². The highest BCUT2D eigenvalue weighted by Crippen LogP contribution is 2.13. The summed E-state index contributed by atoms with van der Waals surface area (Å²) in [6.07, 6.45) is 1.46. The van der Waals surface area contributed by atoms with Crippen LogP contribution in [0.25, 0.3) is 10.4 Å². The predicted octanol–water partition coefficient (Wildman–Crippen LogP) is 1.46. The number of azide groups is 1. The minimum absolute atomic E-state index is 0.254. The fourth-order valence-corrected chi connectivity index (χ4v) is 1.17. The number of ether oxygens (including phenoxy) is 2. The van der Waals surface area contributed by atoms with E-state index in [1.54, 1.807) is 6.08 Å². The molecule has 1 rings (SSSR count). The van der Waals surface area contributed by atoms with Crippen LogP contribution in [0.3, 0.4) is 0 Å². The van der Waals surface area contributed by atoms with Gasteiger partial charge in [-0.25, -0.2) is 4.79 Å². The highest BCUT2D eigenvalue weighted by atomic mass is 16.7. The first-order valence-electron chi connectivity index (χ1n) is 4.81. The Hall–Kier alpha value is -1.56. The van der Waals surface area contributed by atoms with E-state index < -0.39 is 12.3 Å². The van der Waals surface area contributed by atoms with Crippen molar-refractivity contribution in [2.75, 3.05) is 13.2 Å². The SMILES string of the molecule is C/C(=C\C[C@H]1OC[C@@H](N=[N+]=[N-])CO1)C(=O)O. The van der Waals surface area contributed by atoms with Crippen molar-refractivity contribution >= 4 is 5.97 Å². The van der Waals surface area contributed by atoms with Crippen LogP contribution >= 0.6 is 0 Å². The van der Waals surface area contributed by atoms with Gasteiger partial charge in [0.2, 0.25) is 0 Å². The molecule has 1 saturated heterocycles. The van der Waals surface area contributed by atoms with E-state index in [2.05, 4.69) is 10.0 Å². The van der Waals surface area contributed by atoms with Gasteiger partial charge in [0.15, 0.2) is 6.29 Å². The third-order valence-corrected chi connectivity index (χ3v) is 2.12. The fourth-order valence-electron chi connectivity index (χ4n) is 1.17. The molecule has 0 aromatic carbocycles. The second-order valence-electron chi connectivity index (χ2n) is 3.38. The van der Waals surface area contributed by atoms with E-state index in [4.69, 9.17) is 20.1 Å². The van der Waals surface area contributed by atoms with Crippen LogP contribution in [0, 0.1) is 0 Å². The summed E-state index contributed by atoms with van der Waals surface area (Å²) in [5, 5.41) is 12.1. The van der Waals surface area contributed by atoms with Gasteiger partial charge in [-0.3, -0.25) is 0 Å². The lowest BCUT2D eigenvalue weighted by Crippen LogP contribution is -2.34. The van der Waals surface area contributed by atoms with Crippen molar-refractivity contribution in [3.05, 3.63) is 22.1 Å². The Morgan fingerprint density at radius 2 is 2.25 bits per heavy atom. The Morgan fingerprint density at radius 3 is 2.75 bits per heavy atom. The van der Waals surface area contributed by atoms with E-state index in [-0.39, 0.29) is 11.6 Å². The minimum atomic E-state index is -0.956. The molecule has 1 fully saturated rings. The number of hydrogen-bond acceptors (Lipinski definition) is 4. The zero-order chi connectivity index (χ0) is 12.0. The lowest BCUT2D eigenvalue weighted by molar-refractivity contribution is -0.182. The molecular weight excluding hydrogens is 214 g/mol. The smallest absolute Gasteiger partial charge is 0.330 e. The number of rotatable bonds is 4. The normalized spacial score (nSPS) is 25.9. The van der Waals surface area contributed by atoms with Gasteiger partial charge in [0, 0.05) is 16.9 Å². The Labute approximate surface area is 92.3 Å². The molecule has 0 radical (unpaired) electrons. The molecule has 0 aliphatic carbocycles. The summed E-state index contributed by atoms with van der Waals surface area (Å²) < 4.78 is 10.5. The molecule has 0 bridgehead atoms. The molecule has 1 aliphatic heterocycles. The van der Waals surface area contributed by atoms with Crippen molar-refractivity contribution in [3.8, 4) is 0 Å². The Balaban J connectivity index is 2.35. The molecular formula is C9H13N3O4. The van der Waals surface area contributed by atoms with Gasteiger partial charge < -0.3 is 14.6 Å². The van der Waals surface area contributed by atoms with Gasteiger partial charge in [0.05, 0.1) is 19.3 Å². The van der Waals surface area contributed by atoms with Gasteiger partial charge in [0.1, 0.15) is 0 Å². The monoisotopic (exact) mass is 227 g/mol. The van der Waals surface area contributed by atoms with Gasteiger partial charge in [-0.15, -0.1) is 0 Å². The van der Waals surface area contributed by atoms with E-state index in [9.17, 15) is 4.79 Å². The summed E-state index contributed by atoms with van der Waals surface area (Å²) >= 11 is 0. The van der Waals surface area contributed by atoms with E-state index >= 15 is 0 Å². The molecule has 7 nitrogen and oxygen atoms in total. The molecule has 0 spiro atoms. The van der Waals surface area contributed by atoms with Crippen molar-refractivity contribution in [2.45, 2.75) is 25.7 Å². The molecule has 0 aromatic rings. The van der Waals surface area contributed by atoms with Crippen molar-refractivity contribution in [2.24, 2.45) is 5.11 Å². The van der Waals surface area contributed by atoms with Crippen molar-refractivity contribution in [1.82, 2.24) is 0 Å². The topological polar surface area (TPSA) is 105 Å². The van der Waals surface area contributed by atoms with Gasteiger partial charge in [-0.05, 0) is 12.5 Å². The summed E-state index contributed by atoms with van der Waals surface area (Å²) in [4.78, 5) is 13.2. The second-order valence-corrected chi connectivity index (χ2v) is 3.38. The number of nitrogens with zero attached hydrogens (tertiary/aromatic N) is 3. The van der Waals surface area contributed by atoms with Crippen LogP contribution in [-0.2, 0) is 14.3 Å². The lowest BCUT2D eigenvalue weighted by Gasteiger charge is -2.26. The van der Waals surface area contributed by atoms with E-state index in [1.165, 1.54) is 6.92 Å². The first-order valence-corrected chi connectivity index (χ1v) is 4.81. The van der Waals surface area contributed by atoms with Gasteiger partial charge in [-0.2, -0.15) is 0 Å². The highest BCUT2D eigenvalue weighted by Gasteiger charge is 2.20. The minimum Gasteiger partial charge on any atom is -0.478 e. The summed E-state index contributed by atoms with van der Waals surface area (Å²) in [6.45, 7) is 2.11. The van der Waals surface area contributed by atoms with Crippen molar-refractivity contribution in [1.29, 1.82) is 0 Å². The van der Waals surface area contributed by atoms with E-state index in [0.717, 1.165) is 0 Å². The van der Waals surface area contributed by atoms with Crippen molar-refractivity contribution < 1.29 is 19.4 Å². The zero-order valence-electron chi connectivity index (χ0n) is 8.87. The van der Waals surface area contributed by atoms with Crippen LogP contribution in [0.2, 0.25) is 0 Å². The largest absolute Gasteiger partial charge is 0.478 e. The average molecular weight is 227 g/mol. The molecule has 1 N–H and O–H groups in total. The third kappa shape index (κ3) is 3.90. The van der Waals surface area contributed by atoms with Crippen LogP contribution in [-0.4, -0.2) is 36.6 Å². The molecule has 1 heterocycles. The number of carboxylic acids is 1. The average Bonchev–Trinajstić information content (AvgIpc) is 2.28. The molecule has 0 unspecified atom stereocenters. The summed E-state index contributed by atoms with van der Waals surface area (Å²) in [5.41, 5.74) is 8.45. The number of carboxylic acid groups (broad SMARTS) is 1.